The average Bonchev–Trinajstić information content (AvgIpc) is 3.02. The zero-order valence-corrected chi connectivity index (χ0v) is 16.4. The molecule has 2 fully saturated rings. The fraction of sp³-hybridized carbons (Fsp3) is 0.286. The molecule has 2 saturated heterocycles. The van der Waals surface area contributed by atoms with E-state index in [9.17, 15) is 14.4 Å². The molecule has 0 radical (unpaired) electrons. The van der Waals surface area contributed by atoms with E-state index in [2.05, 4.69) is 4.90 Å². The number of benzene rings is 2. The number of nitrogens with zero attached hydrogens (tertiary/aromatic N) is 3. The van der Waals surface area contributed by atoms with Gasteiger partial charge in [-0.15, -0.1) is 0 Å². The Hall–Kier alpha value is -2.90. The Morgan fingerprint density at radius 3 is 2.24 bits per heavy atom. The SMILES string of the molecule is O=C(O)c1ccc(N2C(=O)CC(N3CCN(c4ccccc4Cl)CC3)C2=O)cc1. The second-order valence-corrected chi connectivity index (χ2v) is 7.52. The summed E-state index contributed by atoms with van der Waals surface area (Å²) in [5, 5.41) is 9.71. The van der Waals surface area contributed by atoms with Crippen molar-refractivity contribution in [3.8, 4) is 0 Å². The van der Waals surface area contributed by atoms with Crippen molar-refractivity contribution in [1.29, 1.82) is 0 Å². The lowest BCUT2D eigenvalue weighted by molar-refractivity contribution is -0.123. The van der Waals surface area contributed by atoms with Crippen LogP contribution in [0.3, 0.4) is 0 Å². The van der Waals surface area contributed by atoms with Gasteiger partial charge >= 0.3 is 5.97 Å². The predicted octanol–water partition coefficient (Wildman–Crippen LogP) is 2.49. The van der Waals surface area contributed by atoms with E-state index in [0.29, 0.717) is 23.8 Å². The third-order valence-corrected chi connectivity index (χ3v) is 5.76. The first kappa shape index (κ1) is 19.4. The second kappa shape index (κ2) is 7.85. The first-order valence-corrected chi connectivity index (χ1v) is 9.77. The number of aromatic carboxylic acids is 1. The number of hydrogen-bond acceptors (Lipinski definition) is 5. The van der Waals surface area contributed by atoms with Crippen molar-refractivity contribution in [2.24, 2.45) is 0 Å². The first-order chi connectivity index (χ1) is 14.0. The molecule has 0 aromatic heterocycles. The number of para-hydroxylation sites is 1. The third kappa shape index (κ3) is 3.71. The van der Waals surface area contributed by atoms with Gasteiger partial charge in [0.2, 0.25) is 5.91 Å². The van der Waals surface area contributed by atoms with Gasteiger partial charge in [0.1, 0.15) is 0 Å². The molecule has 2 aromatic carbocycles. The van der Waals surface area contributed by atoms with Gasteiger partial charge < -0.3 is 10.0 Å². The maximum atomic E-state index is 13.0. The quantitative estimate of drug-likeness (QED) is 0.775. The molecular weight excluding hydrogens is 394 g/mol. The molecule has 2 aliphatic heterocycles. The summed E-state index contributed by atoms with van der Waals surface area (Å²) in [5.41, 5.74) is 1.49. The number of anilines is 2. The first-order valence-electron chi connectivity index (χ1n) is 9.39. The summed E-state index contributed by atoms with van der Waals surface area (Å²) in [7, 11) is 0. The van der Waals surface area contributed by atoms with Gasteiger partial charge in [-0.05, 0) is 36.4 Å². The summed E-state index contributed by atoms with van der Waals surface area (Å²) in [6.07, 6.45) is 0.131. The van der Waals surface area contributed by atoms with Gasteiger partial charge in [-0.25, -0.2) is 9.69 Å². The summed E-state index contributed by atoms with van der Waals surface area (Å²) >= 11 is 6.28. The van der Waals surface area contributed by atoms with Crippen LogP contribution in [0, 0.1) is 0 Å². The average molecular weight is 414 g/mol. The Labute approximate surface area is 173 Å². The lowest BCUT2D eigenvalue weighted by Gasteiger charge is -2.38. The summed E-state index contributed by atoms with van der Waals surface area (Å²) in [6.45, 7) is 2.74. The van der Waals surface area contributed by atoms with Crippen LogP contribution in [0.1, 0.15) is 16.8 Å². The number of rotatable bonds is 4. The van der Waals surface area contributed by atoms with E-state index in [1.807, 2.05) is 29.2 Å². The Bertz CT molecular complexity index is 955. The minimum absolute atomic E-state index is 0.111. The number of hydrogen-bond donors (Lipinski definition) is 1. The van der Waals surface area contributed by atoms with Gasteiger partial charge in [0, 0.05) is 26.2 Å². The fourth-order valence-corrected chi connectivity index (χ4v) is 4.16. The Kier molecular flexibility index (Phi) is 5.25. The number of carbonyl (C=O) groups is 3. The Morgan fingerprint density at radius 1 is 0.966 bits per heavy atom. The minimum atomic E-state index is -1.05. The number of amides is 2. The summed E-state index contributed by atoms with van der Waals surface area (Å²) < 4.78 is 0. The van der Waals surface area contributed by atoms with Crippen LogP contribution >= 0.6 is 11.6 Å². The fourth-order valence-electron chi connectivity index (χ4n) is 3.91. The van der Waals surface area contributed by atoms with Crippen molar-refractivity contribution in [3.63, 3.8) is 0 Å². The molecular formula is C21H20ClN3O4. The van der Waals surface area contributed by atoms with Crippen molar-refractivity contribution in [3.05, 3.63) is 59.1 Å². The Balaban J connectivity index is 1.44. The number of carboxylic acid groups (broad SMARTS) is 1. The molecule has 1 atom stereocenters. The van der Waals surface area contributed by atoms with Gasteiger partial charge in [-0.3, -0.25) is 14.5 Å². The topological polar surface area (TPSA) is 81.2 Å². The summed E-state index contributed by atoms with van der Waals surface area (Å²) in [5.74, 6) is -1.58. The zero-order valence-electron chi connectivity index (χ0n) is 15.6. The normalized spacial score (nSPS) is 20.4. The molecule has 0 aliphatic carbocycles. The molecule has 150 valence electrons. The lowest BCUT2D eigenvalue weighted by Crippen LogP contribution is -2.52. The van der Waals surface area contributed by atoms with Crippen molar-refractivity contribution >= 4 is 40.8 Å². The van der Waals surface area contributed by atoms with E-state index in [4.69, 9.17) is 16.7 Å². The molecule has 29 heavy (non-hydrogen) atoms. The minimum Gasteiger partial charge on any atom is -0.478 e. The molecule has 0 spiro atoms. The van der Waals surface area contributed by atoms with E-state index in [1.54, 1.807) is 0 Å². The zero-order chi connectivity index (χ0) is 20.5. The van der Waals surface area contributed by atoms with Crippen LogP contribution in [-0.2, 0) is 9.59 Å². The predicted molar refractivity (Wildman–Crippen MR) is 110 cm³/mol. The summed E-state index contributed by atoms with van der Waals surface area (Å²) in [4.78, 5) is 41.9. The highest BCUT2D eigenvalue weighted by molar-refractivity contribution is 6.33. The van der Waals surface area contributed by atoms with Gasteiger partial charge in [-0.2, -0.15) is 0 Å². The highest BCUT2D eigenvalue weighted by Gasteiger charge is 2.43. The third-order valence-electron chi connectivity index (χ3n) is 5.44. The number of carbonyl (C=O) groups excluding carboxylic acids is 2. The molecule has 8 heteroatoms. The van der Waals surface area contributed by atoms with E-state index in [-0.39, 0.29) is 23.8 Å². The van der Waals surface area contributed by atoms with E-state index < -0.39 is 12.0 Å². The monoisotopic (exact) mass is 413 g/mol. The van der Waals surface area contributed by atoms with Crippen LogP contribution in [0.5, 0.6) is 0 Å². The van der Waals surface area contributed by atoms with E-state index in [0.717, 1.165) is 23.7 Å². The van der Waals surface area contributed by atoms with Gasteiger partial charge in [0.25, 0.3) is 5.91 Å². The van der Waals surface area contributed by atoms with Crippen LogP contribution in [0.4, 0.5) is 11.4 Å². The highest BCUT2D eigenvalue weighted by atomic mass is 35.5. The van der Waals surface area contributed by atoms with E-state index >= 15 is 0 Å². The largest absolute Gasteiger partial charge is 0.478 e. The molecule has 0 saturated carbocycles. The molecule has 4 rings (SSSR count). The van der Waals surface area contributed by atoms with Gasteiger partial charge in [0.15, 0.2) is 0 Å². The molecule has 0 bridgehead atoms. The Morgan fingerprint density at radius 2 is 1.62 bits per heavy atom. The molecule has 1 N–H and O–H groups in total. The van der Waals surface area contributed by atoms with Crippen molar-refractivity contribution in [1.82, 2.24) is 4.90 Å². The van der Waals surface area contributed by atoms with Crippen molar-refractivity contribution < 1.29 is 19.5 Å². The number of halogens is 1. The van der Waals surface area contributed by atoms with Gasteiger partial charge in [-0.1, -0.05) is 23.7 Å². The van der Waals surface area contributed by atoms with E-state index in [1.165, 1.54) is 24.3 Å². The van der Waals surface area contributed by atoms with Crippen LogP contribution < -0.4 is 9.80 Å². The van der Waals surface area contributed by atoms with Crippen LogP contribution in [0.2, 0.25) is 5.02 Å². The molecule has 2 aliphatic rings. The second-order valence-electron chi connectivity index (χ2n) is 7.11. The smallest absolute Gasteiger partial charge is 0.335 e. The maximum Gasteiger partial charge on any atom is 0.335 e. The highest BCUT2D eigenvalue weighted by Crippen LogP contribution is 2.29. The van der Waals surface area contributed by atoms with Crippen molar-refractivity contribution in [2.75, 3.05) is 36.0 Å². The number of imide groups is 1. The molecule has 7 nitrogen and oxygen atoms in total. The molecule has 1 unspecified atom stereocenters. The number of piperazine rings is 1. The standard InChI is InChI=1S/C21H20ClN3O4/c22-16-3-1-2-4-17(16)23-9-11-24(12-10-23)18-13-19(26)25(20(18)27)15-7-5-14(6-8-15)21(28)29/h1-8,18H,9-13H2,(H,28,29). The van der Waals surface area contributed by atoms with Crippen LogP contribution in [-0.4, -0.2) is 60.0 Å². The van der Waals surface area contributed by atoms with Gasteiger partial charge in [0.05, 0.1) is 34.4 Å². The molecule has 2 aromatic rings. The summed E-state index contributed by atoms with van der Waals surface area (Å²) in [6, 6.07) is 13.0. The maximum absolute atomic E-state index is 13.0. The van der Waals surface area contributed by atoms with Crippen molar-refractivity contribution in [2.45, 2.75) is 12.5 Å². The van der Waals surface area contributed by atoms with Crippen LogP contribution in [0.25, 0.3) is 0 Å². The number of carboxylic acids is 1. The molecule has 2 heterocycles. The van der Waals surface area contributed by atoms with Crippen LogP contribution in [0.15, 0.2) is 48.5 Å². The lowest BCUT2D eigenvalue weighted by atomic mass is 10.1. The molecule has 2 amide bonds.